The molecule has 1 aromatic rings. The second-order valence-corrected chi connectivity index (χ2v) is 7.31. The molecule has 1 aliphatic heterocycles. The fourth-order valence-corrected chi connectivity index (χ4v) is 3.52. The summed E-state index contributed by atoms with van der Waals surface area (Å²) in [5, 5.41) is 15.3. The summed E-state index contributed by atoms with van der Waals surface area (Å²) in [7, 11) is 0. The zero-order chi connectivity index (χ0) is 18.1. The molecule has 1 aromatic carbocycles. The molecule has 1 saturated heterocycles. The Labute approximate surface area is 151 Å². The van der Waals surface area contributed by atoms with Crippen LogP contribution in [0.5, 0.6) is 0 Å². The number of nitrogens with one attached hydrogen (secondary N) is 2. The van der Waals surface area contributed by atoms with Crippen molar-refractivity contribution >= 4 is 6.03 Å². The van der Waals surface area contributed by atoms with Gasteiger partial charge in [0.1, 0.15) is 0 Å². The minimum Gasteiger partial charge on any atom is -0.396 e. The summed E-state index contributed by atoms with van der Waals surface area (Å²) < 4.78 is 0. The van der Waals surface area contributed by atoms with Crippen LogP contribution in [0, 0.1) is 5.92 Å². The van der Waals surface area contributed by atoms with E-state index in [1.54, 1.807) is 0 Å². The number of carbonyl (C=O) groups excluding carboxylic acids is 1. The highest BCUT2D eigenvalue weighted by molar-refractivity contribution is 5.73. The molecule has 1 aliphatic rings. The molecule has 2 atom stereocenters. The minimum atomic E-state index is -0.111. The lowest BCUT2D eigenvalue weighted by atomic mass is 9.96. The maximum atomic E-state index is 12.1. The number of carbonyl (C=O) groups is 1. The molecule has 2 unspecified atom stereocenters. The molecule has 0 aliphatic carbocycles. The number of urea groups is 1. The third-order valence-corrected chi connectivity index (χ3v) is 5.09. The molecular formula is C20H33N3O2. The van der Waals surface area contributed by atoms with Crippen molar-refractivity contribution in [3.05, 3.63) is 35.9 Å². The summed E-state index contributed by atoms with van der Waals surface area (Å²) in [6.07, 6.45) is 3.04. The van der Waals surface area contributed by atoms with E-state index in [2.05, 4.69) is 29.4 Å². The second kappa shape index (κ2) is 10.4. The van der Waals surface area contributed by atoms with E-state index in [0.717, 1.165) is 18.7 Å². The van der Waals surface area contributed by atoms with Crippen LogP contribution >= 0.6 is 0 Å². The van der Waals surface area contributed by atoms with E-state index in [4.69, 9.17) is 0 Å². The third kappa shape index (κ3) is 6.67. The van der Waals surface area contributed by atoms with E-state index in [0.29, 0.717) is 24.9 Å². The number of likely N-dealkylation sites (tertiary alicyclic amines) is 1. The summed E-state index contributed by atoms with van der Waals surface area (Å²) in [6, 6.07) is 10.5. The van der Waals surface area contributed by atoms with Crippen LogP contribution in [0.4, 0.5) is 4.79 Å². The van der Waals surface area contributed by atoms with Gasteiger partial charge in [0.25, 0.3) is 0 Å². The quantitative estimate of drug-likeness (QED) is 0.677. The van der Waals surface area contributed by atoms with E-state index in [9.17, 15) is 9.90 Å². The van der Waals surface area contributed by atoms with Gasteiger partial charge in [-0.2, -0.15) is 0 Å². The van der Waals surface area contributed by atoms with Crippen LogP contribution < -0.4 is 10.6 Å². The molecule has 0 bridgehead atoms. The Balaban J connectivity index is 1.74. The number of amides is 2. The maximum absolute atomic E-state index is 12.1. The maximum Gasteiger partial charge on any atom is 0.314 e. The van der Waals surface area contributed by atoms with Crippen LogP contribution in [0.25, 0.3) is 0 Å². The highest BCUT2D eigenvalue weighted by Gasteiger charge is 2.22. The Kier molecular flexibility index (Phi) is 8.22. The van der Waals surface area contributed by atoms with E-state index in [1.165, 1.54) is 19.4 Å². The molecule has 1 fully saturated rings. The molecule has 1 heterocycles. The normalized spacial score (nSPS) is 19.6. The van der Waals surface area contributed by atoms with Crippen molar-refractivity contribution in [3.63, 3.8) is 0 Å². The number of hydrogen-bond donors (Lipinski definition) is 3. The van der Waals surface area contributed by atoms with Gasteiger partial charge in [-0.1, -0.05) is 30.3 Å². The lowest BCUT2D eigenvalue weighted by molar-refractivity contribution is 0.139. The van der Waals surface area contributed by atoms with Crippen molar-refractivity contribution in [3.8, 4) is 0 Å². The Hall–Kier alpha value is -1.59. The van der Waals surface area contributed by atoms with E-state index < -0.39 is 0 Å². The SMILES string of the molecule is CC(C)N1CCCC(CNC(=O)NCC(CCO)c2ccccc2)C1. The number of piperidine rings is 1. The number of rotatable bonds is 8. The first kappa shape index (κ1) is 19.7. The highest BCUT2D eigenvalue weighted by atomic mass is 16.3. The van der Waals surface area contributed by atoms with Crippen molar-refractivity contribution in [2.75, 3.05) is 32.8 Å². The van der Waals surface area contributed by atoms with Crippen LogP contribution in [0.2, 0.25) is 0 Å². The van der Waals surface area contributed by atoms with Crippen molar-refractivity contribution < 1.29 is 9.90 Å². The Bertz CT molecular complexity index is 507. The van der Waals surface area contributed by atoms with Crippen LogP contribution in [0.3, 0.4) is 0 Å². The van der Waals surface area contributed by atoms with Crippen LogP contribution in [-0.2, 0) is 0 Å². The third-order valence-electron chi connectivity index (χ3n) is 5.09. The molecule has 5 heteroatoms. The van der Waals surface area contributed by atoms with Gasteiger partial charge in [0.05, 0.1) is 0 Å². The van der Waals surface area contributed by atoms with Crippen LogP contribution in [0.1, 0.15) is 44.6 Å². The number of nitrogens with zero attached hydrogens (tertiary/aromatic N) is 1. The number of benzene rings is 1. The molecule has 140 valence electrons. The van der Waals surface area contributed by atoms with E-state index in [1.807, 2.05) is 30.3 Å². The Morgan fingerprint density at radius 1 is 1.28 bits per heavy atom. The molecule has 0 aromatic heterocycles. The number of hydrogen-bond acceptors (Lipinski definition) is 3. The average molecular weight is 348 g/mol. The van der Waals surface area contributed by atoms with Gasteiger partial charge >= 0.3 is 6.03 Å². The smallest absolute Gasteiger partial charge is 0.314 e. The summed E-state index contributed by atoms with van der Waals surface area (Å²) >= 11 is 0. The van der Waals surface area contributed by atoms with Crippen molar-refractivity contribution in [2.45, 2.75) is 45.1 Å². The molecule has 25 heavy (non-hydrogen) atoms. The summed E-state index contributed by atoms with van der Waals surface area (Å²) in [6.45, 7) is 8.08. The number of aliphatic hydroxyl groups is 1. The average Bonchev–Trinajstić information content (AvgIpc) is 2.64. The second-order valence-electron chi connectivity index (χ2n) is 7.31. The fraction of sp³-hybridized carbons (Fsp3) is 0.650. The van der Waals surface area contributed by atoms with Gasteiger partial charge in [0.15, 0.2) is 0 Å². The topological polar surface area (TPSA) is 64.6 Å². The first-order valence-corrected chi connectivity index (χ1v) is 9.51. The lowest BCUT2D eigenvalue weighted by Crippen LogP contribution is -2.46. The van der Waals surface area contributed by atoms with Crippen molar-refractivity contribution in [1.82, 2.24) is 15.5 Å². The van der Waals surface area contributed by atoms with E-state index in [-0.39, 0.29) is 18.6 Å². The first-order valence-electron chi connectivity index (χ1n) is 9.51. The standard InChI is InChI=1S/C20H33N3O2/c1-16(2)23-11-6-7-17(15-23)13-21-20(25)22-14-19(10-12-24)18-8-4-3-5-9-18/h3-5,8-9,16-17,19,24H,6-7,10-15H2,1-2H3,(H2,21,22,25). The highest BCUT2D eigenvalue weighted by Crippen LogP contribution is 2.19. The predicted octanol–water partition coefficient (Wildman–Crippen LogP) is 2.57. The lowest BCUT2D eigenvalue weighted by Gasteiger charge is -2.35. The summed E-state index contributed by atoms with van der Waals surface area (Å²) in [5.41, 5.74) is 1.15. The van der Waals surface area contributed by atoms with Gasteiger partial charge in [-0.15, -0.1) is 0 Å². The van der Waals surface area contributed by atoms with Gasteiger partial charge in [0, 0.05) is 38.2 Å². The molecular weight excluding hydrogens is 314 g/mol. The largest absolute Gasteiger partial charge is 0.396 e. The van der Waals surface area contributed by atoms with Gasteiger partial charge in [-0.25, -0.2) is 4.79 Å². The van der Waals surface area contributed by atoms with Crippen molar-refractivity contribution in [1.29, 1.82) is 0 Å². The van der Waals surface area contributed by atoms with E-state index >= 15 is 0 Å². The van der Waals surface area contributed by atoms with Gasteiger partial charge in [-0.05, 0) is 51.1 Å². The first-order chi connectivity index (χ1) is 12.1. The van der Waals surface area contributed by atoms with Gasteiger partial charge in [-0.3, -0.25) is 0 Å². The molecule has 0 radical (unpaired) electrons. The minimum absolute atomic E-state index is 0.111. The van der Waals surface area contributed by atoms with Gasteiger partial charge < -0.3 is 20.6 Å². The molecule has 3 N–H and O–H groups in total. The zero-order valence-corrected chi connectivity index (χ0v) is 15.6. The summed E-state index contributed by atoms with van der Waals surface area (Å²) in [4.78, 5) is 14.6. The molecule has 0 saturated carbocycles. The zero-order valence-electron chi connectivity index (χ0n) is 15.6. The molecule has 5 nitrogen and oxygen atoms in total. The van der Waals surface area contributed by atoms with Crippen LogP contribution in [-0.4, -0.2) is 54.9 Å². The molecule has 0 spiro atoms. The monoisotopic (exact) mass is 347 g/mol. The summed E-state index contributed by atoms with van der Waals surface area (Å²) in [5.74, 6) is 0.673. The molecule has 2 amide bonds. The Morgan fingerprint density at radius 3 is 2.72 bits per heavy atom. The fourth-order valence-electron chi connectivity index (χ4n) is 3.52. The van der Waals surface area contributed by atoms with Gasteiger partial charge in [0.2, 0.25) is 0 Å². The predicted molar refractivity (Wildman–Crippen MR) is 102 cm³/mol. The molecule has 2 rings (SSSR count). The number of aliphatic hydroxyl groups excluding tert-OH is 1. The van der Waals surface area contributed by atoms with Crippen LogP contribution in [0.15, 0.2) is 30.3 Å². The Morgan fingerprint density at radius 2 is 2.04 bits per heavy atom. The van der Waals surface area contributed by atoms with Crippen molar-refractivity contribution in [2.24, 2.45) is 5.92 Å².